The maximum absolute atomic E-state index is 10.1. The van der Waals surface area contributed by atoms with E-state index in [1.165, 1.54) is 11.1 Å². The summed E-state index contributed by atoms with van der Waals surface area (Å²) < 4.78 is 5.35. The van der Waals surface area contributed by atoms with Crippen LogP contribution in [0, 0.1) is 5.92 Å². The Morgan fingerprint density at radius 2 is 2.07 bits per heavy atom. The van der Waals surface area contributed by atoms with E-state index < -0.39 is 0 Å². The van der Waals surface area contributed by atoms with Crippen LogP contribution in [0.4, 0.5) is 0 Å². The zero-order chi connectivity index (χ0) is 10.8. The molecule has 2 unspecified atom stereocenters. The number of rotatable bonds is 3. The first-order valence-electron chi connectivity index (χ1n) is 5.60. The van der Waals surface area contributed by atoms with Gasteiger partial charge in [-0.3, -0.25) is 0 Å². The molecule has 1 aliphatic heterocycles. The third-order valence-electron chi connectivity index (χ3n) is 3.27. The fraction of sp³-hybridized carbons (Fsp3) is 0.538. The van der Waals surface area contributed by atoms with Crippen LogP contribution < -0.4 is 0 Å². The van der Waals surface area contributed by atoms with Crippen LogP contribution in [0.15, 0.2) is 18.2 Å². The lowest BCUT2D eigenvalue weighted by atomic mass is 9.93. The third-order valence-corrected chi connectivity index (χ3v) is 3.27. The molecule has 0 saturated heterocycles. The fourth-order valence-corrected chi connectivity index (χ4v) is 1.93. The van der Waals surface area contributed by atoms with E-state index in [0.29, 0.717) is 12.5 Å². The molecule has 0 amide bonds. The van der Waals surface area contributed by atoms with Crippen LogP contribution in [0.1, 0.15) is 43.1 Å². The molecule has 2 rings (SSSR count). The van der Waals surface area contributed by atoms with E-state index in [0.717, 1.165) is 18.6 Å². The number of hydrogen-bond acceptors (Lipinski definition) is 2. The Morgan fingerprint density at radius 3 is 2.80 bits per heavy atom. The SMILES string of the molecule is CCC(C)C(O)c1ccc2c(c1)COC2. The summed E-state index contributed by atoms with van der Waals surface area (Å²) in [6.07, 6.45) is 0.648. The Kier molecular flexibility index (Phi) is 3.08. The van der Waals surface area contributed by atoms with Gasteiger partial charge in [0, 0.05) is 0 Å². The smallest absolute Gasteiger partial charge is 0.0815 e. The summed E-state index contributed by atoms with van der Waals surface area (Å²) in [4.78, 5) is 0. The van der Waals surface area contributed by atoms with Crippen molar-refractivity contribution in [2.24, 2.45) is 5.92 Å². The van der Waals surface area contributed by atoms with Crippen LogP contribution >= 0.6 is 0 Å². The summed E-state index contributed by atoms with van der Waals surface area (Å²) in [5.74, 6) is 0.311. The zero-order valence-corrected chi connectivity index (χ0v) is 9.36. The highest BCUT2D eigenvalue weighted by molar-refractivity contribution is 5.34. The standard InChI is InChI=1S/C13H18O2/c1-3-9(2)13(14)10-4-5-11-7-15-8-12(11)6-10/h4-6,9,13-14H,3,7-8H2,1-2H3. The molecule has 0 bridgehead atoms. The van der Waals surface area contributed by atoms with Crippen molar-refractivity contribution in [1.29, 1.82) is 0 Å². The van der Waals surface area contributed by atoms with Crippen LogP contribution in [0.2, 0.25) is 0 Å². The molecule has 1 aliphatic rings. The Morgan fingerprint density at radius 1 is 1.33 bits per heavy atom. The van der Waals surface area contributed by atoms with E-state index in [-0.39, 0.29) is 6.10 Å². The van der Waals surface area contributed by atoms with Crippen molar-refractivity contribution in [3.05, 3.63) is 34.9 Å². The first kappa shape index (κ1) is 10.7. The van der Waals surface area contributed by atoms with Crippen molar-refractivity contribution in [3.63, 3.8) is 0 Å². The molecule has 2 heteroatoms. The predicted molar refractivity (Wildman–Crippen MR) is 59.3 cm³/mol. The Bertz CT molecular complexity index is 346. The van der Waals surface area contributed by atoms with Gasteiger partial charge in [0.05, 0.1) is 19.3 Å². The van der Waals surface area contributed by atoms with Crippen molar-refractivity contribution in [1.82, 2.24) is 0 Å². The van der Waals surface area contributed by atoms with Gasteiger partial charge in [0.1, 0.15) is 0 Å². The molecule has 82 valence electrons. The average Bonchev–Trinajstić information content (AvgIpc) is 2.73. The van der Waals surface area contributed by atoms with Crippen LogP contribution in [-0.4, -0.2) is 5.11 Å². The monoisotopic (exact) mass is 206 g/mol. The predicted octanol–water partition coefficient (Wildman–Crippen LogP) is 2.80. The summed E-state index contributed by atoms with van der Waals surface area (Å²) >= 11 is 0. The van der Waals surface area contributed by atoms with Crippen molar-refractivity contribution < 1.29 is 9.84 Å². The lowest BCUT2D eigenvalue weighted by Gasteiger charge is -2.18. The summed E-state index contributed by atoms with van der Waals surface area (Å²) in [7, 11) is 0. The maximum Gasteiger partial charge on any atom is 0.0815 e. The largest absolute Gasteiger partial charge is 0.388 e. The van der Waals surface area contributed by atoms with Crippen LogP contribution in [-0.2, 0) is 18.0 Å². The molecule has 0 radical (unpaired) electrons. The quantitative estimate of drug-likeness (QED) is 0.824. The van der Waals surface area contributed by atoms with Gasteiger partial charge in [-0.1, -0.05) is 38.5 Å². The number of aliphatic hydroxyl groups excluding tert-OH is 1. The third kappa shape index (κ3) is 2.06. The van der Waals surface area contributed by atoms with Crippen molar-refractivity contribution in [2.75, 3.05) is 0 Å². The molecule has 1 aromatic carbocycles. The molecular weight excluding hydrogens is 188 g/mol. The van der Waals surface area contributed by atoms with E-state index in [2.05, 4.69) is 26.0 Å². The molecule has 2 atom stereocenters. The van der Waals surface area contributed by atoms with Gasteiger partial charge in [-0.15, -0.1) is 0 Å². The van der Waals surface area contributed by atoms with Crippen LogP contribution in [0.3, 0.4) is 0 Å². The molecular formula is C13H18O2. The second kappa shape index (κ2) is 4.33. The number of aliphatic hydroxyl groups is 1. The first-order valence-corrected chi connectivity index (χ1v) is 5.60. The molecule has 1 N–H and O–H groups in total. The fourth-order valence-electron chi connectivity index (χ4n) is 1.93. The second-order valence-corrected chi connectivity index (χ2v) is 4.35. The molecule has 1 heterocycles. The van der Waals surface area contributed by atoms with Gasteiger partial charge >= 0.3 is 0 Å². The van der Waals surface area contributed by atoms with Crippen LogP contribution in [0.25, 0.3) is 0 Å². The summed E-state index contributed by atoms with van der Waals surface area (Å²) in [5.41, 5.74) is 3.51. The highest BCUT2D eigenvalue weighted by Crippen LogP contribution is 2.28. The topological polar surface area (TPSA) is 29.5 Å². The van der Waals surface area contributed by atoms with Gasteiger partial charge in [-0.2, -0.15) is 0 Å². The van der Waals surface area contributed by atoms with Gasteiger partial charge in [-0.05, 0) is 22.6 Å². The normalized spacial score (nSPS) is 18.6. The van der Waals surface area contributed by atoms with Gasteiger partial charge in [0.2, 0.25) is 0 Å². The first-order chi connectivity index (χ1) is 7.22. The minimum Gasteiger partial charge on any atom is -0.388 e. The minimum atomic E-state index is -0.346. The van der Waals surface area contributed by atoms with Gasteiger partial charge < -0.3 is 9.84 Å². The molecule has 0 aliphatic carbocycles. The number of hydrogen-bond donors (Lipinski definition) is 1. The zero-order valence-electron chi connectivity index (χ0n) is 9.36. The average molecular weight is 206 g/mol. The van der Waals surface area contributed by atoms with Crippen LogP contribution in [0.5, 0.6) is 0 Å². The molecule has 0 fully saturated rings. The van der Waals surface area contributed by atoms with Crippen molar-refractivity contribution in [2.45, 2.75) is 39.6 Å². The summed E-state index contributed by atoms with van der Waals surface area (Å²) in [6.45, 7) is 5.59. The lowest BCUT2D eigenvalue weighted by molar-refractivity contribution is 0.115. The van der Waals surface area contributed by atoms with Gasteiger partial charge in [0.15, 0.2) is 0 Å². The number of ether oxygens (including phenoxy) is 1. The second-order valence-electron chi connectivity index (χ2n) is 4.35. The van der Waals surface area contributed by atoms with Crippen molar-refractivity contribution in [3.8, 4) is 0 Å². The highest BCUT2D eigenvalue weighted by Gasteiger charge is 2.18. The van der Waals surface area contributed by atoms with E-state index >= 15 is 0 Å². The maximum atomic E-state index is 10.1. The number of fused-ring (bicyclic) bond motifs is 1. The highest BCUT2D eigenvalue weighted by atomic mass is 16.5. The molecule has 15 heavy (non-hydrogen) atoms. The Labute approximate surface area is 90.9 Å². The molecule has 2 nitrogen and oxygen atoms in total. The molecule has 0 spiro atoms. The molecule has 0 aromatic heterocycles. The van der Waals surface area contributed by atoms with E-state index in [4.69, 9.17) is 4.74 Å². The van der Waals surface area contributed by atoms with Crippen molar-refractivity contribution >= 4 is 0 Å². The van der Waals surface area contributed by atoms with Gasteiger partial charge in [0.25, 0.3) is 0 Å². The lowest BCUT2D eigenvalue weighted by Crippen LogP contribution is -2.08. The summed E-state index contributed by atoms with van der Waals surface area (Å²) in [6, 6.07) is 6.17. The van der Waals surface area contributed by atoms with E-state index in [1.807, 2.05) is 6.07 Å². The van der Waals surface area contributed by atoms with E-state index in [9.17, 15) is 5.11 Å². The Balaban J connectivity index is 2.22. The number of benzene rings is 1. The molecule has 1 aromatic rings. The van der Waals surface area contributed by atoms with E-state index in [1.54, 1.807) is 0 Å². The van der Waals surface area contributed by atoms with Gasteiger partial charge in [-0.25, -0.2) is 0 Å². The molecule has 0 saturated carbocycles. The summed E-state index contributed by atoms with van der Waals surface area (Å²) in [5, 5.41) is 10.1. The minimum absolute atomic E-state index is 0.311. The Hall–Kier alpha value is -0.860.